The van der Waals surface area contributed by atoms with E-state index in [9.17, 15) is 14.4 Å². The highest BCUT2D eigenvalue weighted by Crippen LogP contribution is 2.30. The van der Waals surface area contributed by atoms with Gasteiger partial charge in [0.25, 0.3) is 11.8 Å². The van der Waals surface area contributed by atoms with Crippen molar-refractivity contribution >= 4 is 40.8 Å². The molecule has 0 atom stereocenters. The maximum absolute atomic E-state index is 12.9. The van der Waals surface area contributed by atoms with Crippen LogP contribution in [0.4, 0.5) is 11.4 Å². The van der Waals surface area contributed by atoms with E-state index < -0.39 is 17.8 Å². The molecule has 2 amide bonds. The molecule has 0 saturated heterocycles. The summed E-state index contributed by atoms with van der Waals surface area (Å²) >= 11 is 6.18. The smallest absolute Gasteiger partial charge is 0.343 e. The van der Waals surface area contributed by atoms with Crippen LogP contribution in [0.2, 0.25) is 0 Å². The molecule has 7 heteroatoms. The van der Waals surface area contributed by atoms with Crippen LogP contribution in [-0.4, -0.2) is 17.8 Å². The Balaban J connectivity index is 1.49. The summed E-state index contributed by atoms with van der Waals surface area (Å²) in [7, 11) is 0. The lowest BCUT2D eigenvalue weighted by molar-refractivity contribution is -0.120. The number of imide groups is 1. The van der Waals surface area contributed by atoms with Crippen LogP contribution in [0.5, 0.6) is 5.75 Å². The largest absolute Gasteiger partial charge is 0.422 e. The highest BCUT2D eigenvalue weighted by atomic mass is 35.5. The number of hydrogen-bond acceptors (Lipinski definition) is 5. The molecule has 4 rings (SSSR count). The third-order valence-electron chi connectivity index (χ3n) is 5.31. The number of hydrogen-bond donors (Lipinski definition) is 1. The number of benzene rings is 3. The molecular formula is C26H21ClN2O4. The molecule has 0 bridgehead atoms. The van der Waals surface area contributed by atoms with Crippen molar-refractivity contribution in [2.75, 3.05) is 10.2 Å². The van der Waals surface area contributed by atoms with Gasteiger partial charge in [-0.1, -0.05) is 47.5 Å². The topological polar surface area (TPSA) is 75.7 Å². The van der Waals surface area contributed by atoms with E-state index in [4.69, 9.17) is 16.3 Å². The Kier molecular flexibility index (Phi) is 6.03. The highest BCUT2D eigenvalue weighted by Gasteiger charge is 2.38. The van der Waals surface area contributed by atoms with Crippen LogP contribution in [0, 0.1) is 20.8 Å². The second kappa shape index (κ2) is 8.92. The Morgan fingerprint density at radius 2 is 1.45 bits per heavy atom. The predicted octanol–water partition coefficient (Wildman–Crippen LogP) is 5.27. The van der Waals surface area contributed by atoms with Crippen molar-refractivity contribution in [2.24, 2.45) is 0 Å². The minimum Gasteiger partial charge on any atom is -0.422 e. The molecule has 33 heavy (non-hydrogen) atoms. The van der Waals surface area contributed by atoms with Gasteiger partial charge in [-0.3, -0.25) is 9.59 Å². The number of carbonyl (C=O) groups excluding carboxylic acids is 3. The van der Waals surface area contributed by atoms with Gasteiger partial charge >= 0.3 is 5.97 Å². The molecule has 0 aliphatic carbocycles. The van der Waals surface area contributed by atoms with Gasteiger partial charge in [0.15, 0.2) is 0 Å². The first-order valence-electron chi connectivity index (χ1n) is 10.3. The van der Waals surface area contributed by atoms with E-state index in [1.165, 1.54) is 0 Å². The summed E-state index contributed by atoms with van der Waals surface area (Å²) in [6.07, 6.45) is 0. The quantitative estimate of drug-likeness (QED) is 0.319. The first-order chi connectivity index (χ1) is 15.8. The van der Waals surface area contributed by atoms with Crippen molar-refractivity contribution in [3.05, 3.63) is 99.7 Å². The van der Waals surface area contributed by atoms with Crippen molar-refractivity contribution in [1.82, 2.24) is 0 Å². The first kappa shape index (κ1) is 22.3. The number of esters is 1. The molecule has 1 heterocycles. The number of nitrogens with zero attached hydrogens (tertiary/aromatic N) is 1. The van der Waals surface area contributed by atoms with Crippen molar-refractivity contribution in [3.8, 4) is 5.75 Å². The third-order valence-corrected chi connectivity index (χ3v) is 5.66. The Bertz CT molecular complexity index is 1270. The van der Waals surface area contributed by atoms with Crippen LogP contribution in [0.3, 0.4) is 0 Å². The van der Waals surface area contributed by atoms with E-state index in [0.29, 0.717) is 22.7 Å². The fourth-order valence-electron chi connectivity index (χ4n) is 3.49. The molecule has 0 fully saturated rings. The number of nitrogens with one attached hydrogen (secondary N) is 1. The molecule has 1 aliphatic rings. The van der Waals surface area contributed by atoms with Crippen molar-refractivity contribution in [3.63, 3.8) is 0 Å². The molecule has 3 aromatic carbocycles. The Morgan fingerprint density at radius 3 is 2.06 bits per heavy atom. The summed E-state index contributed by atoms with van der Waals surface area (Å²) in [5, 5.41) is 2.70. The van der Waals surface area contributed by atoms with E-state index in [2.05, 4.69) is 5.32 Å². The number of amides is 2. The van der Waals surface area contributed by atoms with Crippen LogP contribution >= 0.6 is 11.6 Å². The van der Waals surface area contributed by atoms with E-state index in [0.717, 1.165) is 21.6 Å². The minimum atomic E-state index is -0.596. The van der Waals surface area contributed by atoms with Gasteiger partial charge in [-0.2, -0.15) is 0 Å². The summed E-state index contributed by atoms with van der Waals surface area (Å²) in [6, 6.07) is 19.0. The van der Waals surface area contributed by atoms with Crippen molar-refractivity contribution in [2.45, 2.75) is 20.8 Å². The second-order valence-electron chi connectivity index (χ2n) is 7.78. The monoisotopic (exact) mass is 460 g/mol. The van der Waals surface area contributed by atoms with Crippen molar-refractivity contribution in [1.29, 1.82) is 0 Å². The van der Waals surface area contributed by atoms with E-state index in [1.807, 2.05) is 51.1 Å². The van der Waals surface area contributed by atoms with Crippen molar-refractivity contribution < 1.29 is 19.1 Å². The number of anilines is 2. The molecule has 166 valence electrons. The molecule has 0 unspecified atom stereocenters. The number of para-hydroxylation sites is 1. The average molecular weight is 461 g/mol. The fourth-order valence-corrected chi connectivity index (χ4v) is 3.70. The summed E-state index contributed by atoms with van der Waals surface area (Å²) in [5.74, 6) is -1.10. The van der Waals surface area contributed by atoms with E-state index in [-0.39, 0.29) is 10.7 Å². The minimum absolute atomic E-state index is 0.0203. The van der Waals surface area contributed by atoms with Gasteiger partial charge < -0.3 is 10.1 Å². The molecule has 1 aliphatic heterocycles. The van der Waals surface area contributed by atoms with Gasteiger partial charge in [-0.15, -0.1) is 0 Å². The Labute approximate surface area is 196 Å². The molecule has 0 radical (unpaired) electrons. The number of carbonyl (C=O) groups is 3. The van der Waals surface area contributed by atoms with Gasteiger partial charge in [-0.05, 0) is 68.3 Å². The third kappa shape index (κ3) is 4.38. The van der Waals surface area contributed by atoms with Crippen LogP contribution in [0.25, 0.3) is 0 Å². The molecular weight excluding hydrogens is 440 g/mol. The summed E-state index contributed by atoms with van der Waals surface area (Å²) in [5.41, 5.74) is 4.00. The van der Waals surface area contributed by atoms with E-state index >= 15 is 0 Å². The average Bonchev–Trinajstić information content (AvgIpc) is 3.00. The lowest BCUT2D eigenvalue weighted by Gasteiger charge is -2.15. The molecule has 0 saturated carbocycles. The molecule has 3 aromatic rings. The summed E-state index contributed by atoms with van der Waals surface area (Å²) in [4.78, 5) is 39.1. The van der Waals surface area contributed by atoms with Gasteiger partial charge in [0.1, 0.15) is 16.5 Å². The second-order valence-corrected chi connectivity index (χ2v) is 8.16. The van der Waals surface area contributed by atoms with Crippen LogP contribution in [0.15, 0.2) is 77.5 Å². The maximum atomic E-state index is 12.9. The van der Waals surface area contributed by atoms with E-state index in [1.54, 1.807) is 36.4 Å². The van der Waals surface area contributed by atoms with Crippen LogP contribution < -0.4 is 15.0 Å². The lowest BCUT2D eigenvalue weighted by atomic mass is 10.1. The number of rotatable bonds is 5. The van der Waals surface area contributed by atoms with Gasteiger partial charge in [0, 0.05) is 5.69 Å². The molecule has 6 nitrogen and oxygen atoms in total. The SMILES string of the molecule is Cc1ccc(N2C(=O)C(Cl)=C(Nc3ccc(C(=O)Oc4c(C)cccc4C)cc3)C2=O)cc1. The van der Waals surface area contributed by atoms with Gasteiger partial charge in [0.05, 0.1) is 11.3 Å². The molecule has 0 spiro atoms. The lowest BCUT2D eigenvalue weighted by Crippen LogP contribution is -2.32. The number of halogens is 1. The van der Waals surface area contributed by atoms with Crippen LogP contribution in [-0.2, 0) is 9.59 Å². The predicted molar refractivity (Wildman–Crippen MR) is 127 cm³/mol. The van der Waals surface area contributed by atoms with Gasteiger partial charge in [-0.25, -0.2) is 9.69 Å². The molecule has 0 aromatic heterocycles. The highest BCUT2D eigenvalue weighted by molar-refractivity contribution is 6.53. The molecule has 1 N–H and O–H groups in total. The normalized spacial score (nSPS) is 13.5. The zero-order valence-electron chi connectivity index (χ0n) is 18.3. The number of aryl methyl sites for hydroxylation is 3. The maximum Gasteiger partial charge on any atom is 0.343 e. The van der Waals surface area contributed by atoms with Crippen LogP contribution in [0.1, 0.15) is 27.0 Å². The zero-order valence-corrected chi connectivity index (χ0v) is 19.1. The number of ether oxygens (including phenoxy) is 1. The van der Waals surface area contributed by atoms with Gasteiger partial charge in [0.2, 0.25) is 0 Å². The Hall–Kier alpha value is -3.90. The first-order valence-corrected chi connectivity index (χ1v) is 10.6. The fraction of sp³-hybridized carbons (Fsp3) is 0.115. The summed E-state index contributed by atoms with van der Waals surface area (Å²) in [6.45, 7) is 5.66. The standard InChI is InChI=1S/C26H21ClN2O4/c1-15-7-13-20(14-8-15)29-24(30)21(27)22(25(29)31)28-19-11-9-18(10-12-19)26(32)33-23-16(2)5-4-6-17(23)3/h4-14,28H,1-3H3. The Morgan fingerprint density at radius 1 is 0.848 bits per heavy atom. The summed E-state index contributed by atoms with van der Waals surface area (Å²) < 4.78 is 5.56. The zero-order chi connectivity index (χ0) is 23.7.